The number of amides is 1. The first-order chi connectivity index (χ1) is 9.86. The fourth-order valence-corrected chi connectivity index (χ4v) is 1.82. The van der Waals surface area contributed by atoms with Crippen LogP contribution in [-0.4, -0.2) is 37.5 Å². The molecule has 8 heteroatoms. The number of methoxy groups -OCH3 is 1. The highest BCUT2D eigenvalue weighted by atomic mass is 16.6. The minimum absolute atomic E-state index is 0.124. The molecule has 0 heterocycles. The summed E-state index contributed by atoms with van der Waals surface area (Å²) >= 11 is 0. The van der Waals surface area contributed by atoms with Crippen LogP contribution in [0.25, 0.3) is 0 Å². The van der Waals surface area contributed by atoms with E-state index in [1.54, 1.807) is 11.9 Å². The Hall–Kier alpha value is -2.64. The largest absolute Gasteiger partial charge is 0.469 e. The van der Waals surface area contributed by atoms with Crippen molar-refractivity contribution < 1.29 is 19.2 Å². The Morgan fingerprint density at radius 3 is 2.62 bits per heavy atom. The topological polar surface area (TPSA) is 116 Å². The molecule has 0 atom stereocenters. The van der Waals surface area contributed by atoms with Crippen LogP contribution in [0.4, 0.5) is 11.4 Å². The average molecular weight is 295 g/mol. The van der Waals surface area contributed by atoms with Gasteiger partial charge < -0.3 is 15.4 Å². The number of ether oxygens (including phenoxy) is 1. The lowest BCUT2D eigenvalue weighted by molar-refractivity contribution is -0.384. The second-order valence-corrected chi connectivity index (χ2v) is 4.43. The number of nitrogens with two attached hydrogens (primary N) is 1. The third-order valence-electron chi connectivity index (χ3n) is 2.97. The summed E-state index contributed by atoms with van der Waals surface area (Å²) in [7, 11) is 2.94. The first kappa shape index (κ1) is 16.4. The second-order valence-electron chi connectivity index (χ2n) is 4.43. The summed E-state index contributed by atoms with van der Waals surface area (Å²) in [5.74, 6) is -1.00. The molecule has 114 valence electrons. The van der Waals surface area contributed by atoms with E-state index in [1.807, 2.05) is 0 Å². The molecule has 0 aliphatic rings. The zero-order chi connectivity index (χ0) is 16.0. The summed E-state index contributed by atoms with van der Waals surface area (Å²) in [6, 6.07) is 3.93. The second kappa shape index (κ2) is 7.22. The van der Waals surface area contributed by atoms with E-state index in [0.29, 0.717) is 13.0 Å². The third kappa shape index (κ3) is 4.44. The highest BCUT2D eigenvalue weighted by Crippen LogP contribution is 2.28. The van der Waals surface area contributed by atoms with E-state index in [9.17, 15) is 19.7 Å². The van der Waals surface area contributed by atoms with Crippen LogP contribution < -0.4 is 10.6 Å². The van der Waals surface area contributed by atoms with Gasteiger partial charge in [-0.3, -0.25) is 19.7 Å². The molecular weight excluding hydrogens is 278 g/mol. The fourth-order valence-electron chi connectivity index (χ4n) is 1.82. The smallest absolute Gasteiger partial charge is 0.305 e. The number of anilines is 1. The first-order valence-corrected chi connectivity index (χ1v) is 6.23. The highest BCUT2D eigenvalue weighted by molar-refractivity contribution is 5.94. The van der Waals surface area contributed by atoms with E-state index in [0.717, 1.165) is 0 Å². The maximum atomic E-state index is 11.2. The van der Waals surface area contributed by atoms with Gasteiger partial charge in [0.25, 0.3) is 5.69 Å². The van der Waals surface area contributed by atoms with Gasteiger partial charge in [-0.25, -0.2) is 0 Å². The Morgan fingerprint density at radius 2 is 2.10 bits per heavy atom. The van der Waals surface area contributed by atoms with Crippen LogP contribution in [0.3, 0.4) is 0 Å². The Bertz CT molecular complexity index is 559. The van der Waals surface area contributed by atoms with Crippen molar-refractivity contribution in [2.75, 3.05) is 25.6 Å². The van der Waals surface area contributed by atoms with E-state index < -0.39 is 10.8 Å². The van der Waals surface area contributed by atoms with Gasteiger partial charge in [-0.15, -0.1) is 0 Å². The predicted octanol–water partition coefficient (Wildman–Crippen LogP) is 1.08. The van der Waals surface area contributed by atoms with E-state index in [-0.39, 0.29) is 29.3 Å². The normalized spacial score (nSPS) is 10.0. The average Bonchev–Trinajstić information content (AvgIpc) is 2.45. The minimum Gasteiger partial charge on any atom is -0.469 e. The highest BCUT2D eigenvalue weighted by Gasteiger charge is 2.19. The Labute approximate surface area is 121 Å². The van der Waals surface area contributed by atoms with E-state index in [4.69, 9.17) is 5.73 Å². The van der Waals surface area contributed by atoms with Crippen LogP contribution in [0.15, 0.2) is 18.2 Å². The molecule has 1 amide bonds. The van der Waals surface area contributed by atoms with Crippen molar-refractivity contribution in [1.29, 1.82) is 0 Å². The molecule has 1 rings (SSSR count). The number of carbonyl (C=O) groups is 2. The van der Waals surface area contributed by atoms with Gasteiger partial charge in [0.05, 0.1) is 12.0 Å². The lowest BCUT2D eigenvalue weighted by Crippen LogP contribution is -2.21. The van der Waals surface area contributed by atoms with E-state index in [2.05, 4.69) is 4.74 Å². The number of nitro groups is 1. The molecule has 0 aliphatic carbocycles. The molecule has 1 aromatic rings. The lowest BCUT2D eigenvalue weighted by Gasteiger charge is -2.19. The van der Waals surface area contributed by atoms with Crippen molar-refractivity contribution in [3.05, 3.63) is 33.9 Å². The monoisotopic (exact) mass is 295 g/mol. The standard InChI is InChI=1S/C13H17N3O5/c1-15(7-3-4-12(17)21-2)11-8-9(13(14)18)5-6-10(11)16(19)20/h5-6,8H,3-4,7H2,1-2H3,(H2,14,18). The van der Waals surface area contributed by atoms with E-state index >= 15 is 0 Å². The molecule has 0 spiro atoms. The predicted molar refractivity (Wildman–Crippen MR) is 76.1 cm³/mol. The van der Waals surface area contributed by atoms with Crippen LogP contribution in [0, 0.1) is 10.1 Å². The Morgan fingerprint density at radius 1 is 1.43 bits per heavy atom. The molecule has 0 fully saturated rings. The van der Waals surface area contributed by atoms with Crippen LogP contribution in [0.2, 0.25) is 0 Å². The number of benzene rings is 1. The maximum absolute atomic E-state index is 11.2. The number of nitro benzene ring substituents is 1. The van der Waals surface area contributed by atoms with Crippen LogP contribution in [0.1, 0.15) is 23.2 Å². The van der Waals surface area contributed by atoms with Gasteiger partial charge in [0, 0.05) is 31.6 Å². The first-order valence-electron chi connectivity index (χ1n) is 6.23. The number of hydrogen-bond acceptors (Lipinski definition) is 6. The number of esters is 1. The summed E-state index contributed by atoms with van der Waals surface area (Å²) in [5, 5.41) is 11.0. The summed E-state index contributed by atoms with van der Waals surface area (Å²) < 4.78 is 4.52. The molecule has 21 heavy (non-hydrogen) atoms. The minimum atomic E-state index is -0.658. The number of rotatable bonds is 7. The number of hydrogen-bond donors (Lipinski definition) is 1. The van der Waals surface area contributed by atoms with Crippen molar-refractivity contribution in [1.82, 2.24) is 0 Å². The Kier molecular flexibility index (Phi) is 5.65. The third-order valence-corrected chi connectivity index (χ3v) is 2.97. The molecule has 0 saturated heterocycles. The summed E-state index contributed by atoms with van der Waals surface area (Å²) in [5.41, 5.74) is 5.52. The molecule has 0 bridgehead atoms. The summed E-state index contributed by atoms with van der Waals surface area (Å²) in [6.45, 7) is 0.401. The molecule has 1 aromatic carbocycles. The van der Waals surface area contributed by atoms with Gasteiger partial charge in [0.2, 0.25) is 5.91 Å². The quantitative estimate of drug-likeness (QED) is 0.457. The summed E-state index contributed by atoms with van der Waals surface area (Å²) in [6.07, 6.45) is 0.686. The summed E-state index contributed by atoms with van der Waals surface area (Å²) in [4.78, 5) is 34.3. The van der Waals surface area contributed by atoms with Crippen molar-refractivity contribution in [3.8, 4) is 0 Å². The molecule has 8 nitrogen and oxygen atoms in total. The molecule has 0 aliphatic heterocycles. The van der Waals surface area contributed by atoms with Gasteiger partial charge in [-0.2, -0.15) is 0 Å². The molecule has 2 N–H and O–H groups in total. The molecule has 0 saturated carbocycles. The van der Waals surface area contributed by atoms with Crippen LogP contribution in [0.5, 0.6) is 0 Å². The zero-order valence-electron chi connectivity index (χ0n) is 11.9. The van der Waals surface area contributed by atoms with Gasteiger partial charge in [0.15, 0.2) is 0 Å². The SMILES string of the molecule is COC(=O)CCCN(C)c1cc(C(N)=O)ccc1[N+](=O)[O-]. The van der Waals surface area contributed by atoms with Crippen molar-refractivity contribution in [3.63, 3.8) is 0 Å². The molecule has 0 unspecified atom stereocenters. The van der Waals surface area contributed by atoms with Gasteiger partial charge in [-0.1, -0.05) is 0 Å². The fraction of sp³-hybridized carbons (Fsp3) is 0.385. The zero-order valence-corrected chi connectivity index (χ0v) is 11.9. The number of primary amides is 1. The number of nitrogens with zero attached hydrogens (tertiary/aromatic N) is 2. The molecule has 0 radical (unpaired) electrons. The molecule has 0 aromatic heterocycles. The lowest BCUT2D eigenvalue weighted by atomic mass is 10.1. The Balaban J connectivity index is 2.91. The van der Waals surface area contributed by atoms with Crippen LogP contribution in [-0.2, 0) is 9.53 Å². The van der Waals surface area contributed by atoms with Crippen molar-refractivity contribution in [2.24, 2.45) is 5.73 Å². The maximum Gasteiger partial charge on any atom is 0.305 e. The van der Waals surface area contributed by atoms with Crippen molar-refractivity contribution in [2.45, 2.75) is 12.8 Å². The van der Waals surface area contributed by atoms with Gasteiger partial charge in [-0.05, 0) is 18.6 Å². The van der Waals surface area contributed by atoms with Gasteiger partial charge >= 0.3 is 5.97 Å². The molecular formula is C13H17N3O5. The van der Waals surface area contributed by atoms with E-state index in [1.165, 1.54) is 25.3 Å². The van der Waals surface area contributed by atoms with Crippen molar-refractivity contribution >= 4 is 23.3 Å². The van der Waals surface area contributed by atoms with Crippen LogP contribution >= 0.6 is 0 Å². The van der Waals surface area contributed by atoms with Gasteiger partial charge in [0.1, 0.15) is 5.69 Å². The number of carbonyl (C=O) groups excluding carboxylic acids is 2.